The summed E-state index contributed by atoms with van der Waals surface area (Å²) in [5.74, 6) is -2.00. The lowest BCUT2D eigenvalue weighted by Gasteiger charge is -2.28. The first kappa shape index (κ1) is 15.8. The number of hydrogen-bond acceptors (Lipinski definition) is 3. The zero-order chi connectivity index (χ0) is 15.0. The first-order valence-electron chi connectivity index (χ1n) is 5.24. The molecule has 0 aliphatic carbocycles. The first-order valence-corrected chi connectivity index (χ1v) is 5.61. The van der Waals surface area contributed by atoms with Gasteiger partial charge in [0.25, 0.3) is 0 Å². The molecule has 0 aromatic carbocycles. The molecule has 1 heterocycles. The Morgan fingerprint density at radius 1 is 1.53 bits per heavy atom. The molecule has 0 aliphatic heterocycles. The Bertz CT molecular complexity index is 501. The molecule has 1 rings (SSSR count). The molecular formula is C10H13ClF3N3O2. The van der Waals surface area contributed by atoms with Crippen molar-refractivity contribution in [3.05, 3.63) is 16.4 Å². The zero-order valence-corrected chi connectivity index (χ0v) is 11.2. The molecule has 0 saturated carbocycles. The molecule has 5 nitrogen and oxygen atoms in total. The Hall–Kier alpha value is -1.28. The highest BCUT2D eigenvalue weighted by molar-refractivity contribution is 6.31. The minimum atomic E-state index is -4.93. The summed E-state index contributed by atoms with van der Waals surface area (Å²) in [5.41, 5.74) is -2.30. The lowest BCUT2D eigenvalue weighted by atomic mass is 10.0. The Kier molecular flexibility index (Phi) is 4.16. The lowest BCUT2D eigenvalue weighted by molar-refractivity contribution is -0.206. The van der Waals surface area contributed by atoms with E-state index in [9.17, 15) is 18.0 Å². The van der Waals surface area contributed by atoms with Crippen LogP contribution >= 0.6 is 11.6 Å². The normalized spacial score (nSPS) is 15.3. The summed E-state index contributed by atoms with van der Waals surface area (Å²) in [5, 5.41) is 14.9. The molecular weight excluding hydrogens is 287 g/mol. The van der Waals surface area contributed by atoms with Crippen LogP contribution in [0.2, 0.25) is 5.02 Å². The third kappa shape index (κ3) is 2.84. The molecule has 0 saturated heterocycles. The lowest BCUT2D eigenvalue weighted by Crippen LogP contribution is -2.59. The predicted molar refractivity (Wildman–Crippen MR) is 61.9 cm³/mol. The second kappa shape index (κ2) is 5.01. The maximum atomic E-state index is 12.8. The van der Waals surface area contributed by atoms with Gasteiger partial charge in [-0.05, 0) is 13.8 Å². The fourth-order valence-corrected chi connectivity index (χ4v) is 1.66. The van der Waals surface area contributed by atoms with Gasteiger partial charge in [0, 0.05) is 13.6 Å². The van der Waals surface area contributed by atoms with Crippen LogP contribution in [0.25, 0.3) is 0 Å². The van der Waals surface area contributed by atoms with E-state index in [1.165, 1.54) is 11.7 Å². The van der Waals surface area contributed by atoms with E-state index in [1.807, 2.05) is 5.32 Å². The van der Waals surface area contributed by atoms with Crippen molar-refractivity contribution in [2.24, 2.45) is 7.05 Å². The van der Waals surface area contributed by atoms with Crippen LogP contribution in [0.15, 0.2) is 0 Å². The average Bonchev–Trinajstić information content (AvgIpc) is 2.48. The van der Waals surface area contributed by atoms with Crippen molar-refractivity contribution in [2.45, 2.75) is 32.1 Å². The zero-order valence-electron chi connectivity index (χ0n) is 10.5. The number of carbonyl (C=O) groups is 1. The molecule has 19 heavy (non-hydrogen) atoms. The third-order valence-corrected chi connectivity index (χ3v) is 3.36. The van der Waals surface area contributed by atoms with Crippen LogP contribution < -0.4 is 5.32 Å². The van der Waals surface area contributed by atoms with E-state index in [0.29, 0.717) is 12.6 Å². The van der Waals surface area contributed by atoms with E-state index < -0.39 is 17.7 Å². The smallest absolute Gasteiger partial charge is 0.417 e. The van der Waals surface area contributed by atoms with Crippen LogP contribution in [0.3, 0.4) is 0 Å². The molecule has 0 bridgehead atoms. The SMILES string of the molecule is Cc1nn(C)c(CNC(C)(C(=O)O)C(F)(F)F)c1Cl. The Morgan fingerprint density at radius 2 is 2.05 bits per heavy atom. The second-order valence-electron chi connectivity index (χ2n) is 4.25. The molecule has 0 fully saturated rings. The van der Waals surface area contributed by atoms with Crippen molar-refractivity contribution in [1.29, 1.82) is 0 Å². The summed E-state index contributed by atoms with van der Waals surface area (Å²) in [6.45, 7) is 1.80. The van der Waals surface area contributed by atoms with Crippen LogP contribution in [-0.2, 0) is 18.4 Å². The number of hydrogen-bond donors (Lipinski definition) is 2. The van der Waals surface area contributed by atoms with Gasteiger partial charge in [0.2, 0.25) is 5.54 Å². The minimum Gasteiger partial charge on any atom is -0.480 e. The highest BCUT2D eigenvalue weighted by Gasteiger charge is 2.57. The van der Waals surface area contributed by atoms with Gasteiger partial charge in [-0.2, -0.15) is 18.3 Å². The number of aliphatic carboxylic acids is 1. The van der Waals surface area contributed by atoms with Crippen LogP contribution in [0.5, 0.6) is 0 Å². The van der Waals surface area contributed by atoms with Gasteiger partial charge < -0.3 is 5.11 Å². The van der Waals surface area contributed by atoms with E-state index in [4.69, 9.17) is 16.7 Å². The highest BCUT2D eigenvalue weighted by Crippen LogP contribution is 2.31. The molecule has 0 aliphatic rings. The molecule has 1 aromatic heterocycles. The Balaban J connectivity index is 2.99. The monoisotopic (exact) mass is 299 g/mol. The average molecular weight is 300 g/mol. The number of aryl methyl sites for hydroxylation is 2. The molecule has 9 heteroatoms. The quantitative estimate of drug-likeness (QED) is 0.891. The van der Waals surface area contributed by atoms with E-state index in [-0.39, 0.29) is 17.3 Å². The molecule has 108 valence electrons. The van der Waals surface area contributed by atoms with Crippen molar-refractivity contribution in [1.82, 2.24) is 15.1 Å². The number of rotatable bonds is 4. The Morgan fingerprint density at radius 3 is 2.37 bits per heavy atom. The van der Waals surface area contributed by atoms with Crippen molar-refractivity contribution >= 4 is 17.6 Å². The summed E-state index contributed by atoms with van der Waals surface area (Å²) in [6, 6.07) is 0. The van der Waals surface area contributed by atoms with Gasteiger partial charge in [-0.3, -0.25) is 10.00 Å². The summed E-state index contributed by atoms with van der Waals surface area (Å²) in [6.07, 6.45) is -4.93. The maximum absolute atomic E-state index is 12.8. The van der Waals surface area contributed by atoms with Gasteiger partial charge in [0.1, 0.15) is 0 Å². The summed E-state index contributed by atoms with van der Waals surface area (Å²) >= 11 is 5.88. The van der Waals surface area contributed by atoms with Crippen molar-refractivity contribution in [3.63, 3.8) is 0 Å². The van der Waals surface area contributed by atoms with Crippen molar-refractivity contribution in [2.75, 3.05) is 0 Å². The number of alkyl halides is 3. The molecule has 0 amide bonds. The van der Waals surface area contributed by atoms with Crippen LogP contribution in [0.4, 0.5) is 13.2 Å². The van der Waals surface area contributed by atoms with Crippen molar-refractivity contribution in [3.8, 4) is 0 Å². The van der Waals surface area contributed by atoms with Crippen LogP contribution in [0, 0.1) is 6.92 Å². The fraction of sp³-hybridized carbons (Fsp3) is 0.600. The highest BCUT2D eigenvalue weighted by atomic mass is 35.5. The van der Waals surface area contributed by atoms with Gasteiger partial charge in [0.15, 0.2) is 0 Å². The van der Waals surface area contributed by atoms with Gasteiger partial charge >= 0.3 is 12.1 Å². The van der Waals surface area contributed by atoms with Gasteiger partial charge in [-0.15, -0.1) is 0 Å². The molecule has 0 radical (unpaired) electrons. The number of halogens is 4. The number of carboxylic acid groups (broad SMARTS) is 1. The van der Waals surface area contributed by atoms with Gasteiger partial charge in [0.05, 0.1) is 16.4 Å². The number of nitrogens with zero attached hydrogens (tertiary/aromatic N) is 2. The number of nitrogens with one attached hydrogen (secondary N) is 1. The summed E-state index contributed by atoms with van der Waals surface area (Å²) in [7, 11) is 1.52. The Labute approximate surface area is 112 Å². The van der Waals surface area contributed by atoms with E-state index in [2.05, 4.69) is 5.10 Å². The fourth-order valence-electron chi connectivity index (χ4n) is 1.43. The van der Waals surface area contributed by atoms with E-state index in [1.54, 1.807) is 6.92 Å². The second-order valence-corrected chi connectivity index (χ2v) is 4.63. The minimum absolute atomic E-state index is 0.213. The molecule has 1 unspecified atom stereocenters. The standard InChI is InChI=1S/C10H13ClF3N3O2/c1-5-7(11)6(17(3)16-5)4-15-9(2,8(18)19)10(12,13)14/h15H,4H2,1-3H3,(H,18,19). The summed E-state index contributed by atoms with van der Waals surface area (Å²) < 4.78 is 39.6. The molecule has 1 aromatic rings. The molecule has 1 atom stereocenters. The molecule has 0 spiro atoms. The third-order valence-electron chi connectivity index (χ3n) is 2.87. The topological polar surface area (TPSA) is 67.2 Å². The van der Waals surface area contributed by atoms with E-state index in [0.717, 1.165) is 0 Å². The maximum Gasteiger partial charge on any atom is 0.417 e. The number of carboxylic acids is 1. The summed E-state index contributed by atoms with van der Waals surface area (Å²) in [4.78, 5) is 10.8. The van der Waals surface area contributed by atoms with Crippen LogP contribution in [0.1, 0.15) is 18.3 Å². The predicted octanol–water partition coefficient (Wildman–Crippen LogP) is 1.88. The molecule has 2 N–H and O–H groups in total. The van der Waals surface area contributed by atoms with E-state index >= 15 is 0 Å². The van der Waals surface area contributed by atoms with Gasteiger partial charge in [-0.1, -0.05) is 11.6 Å². The van der Waals surface area contributed by atoms with Gasteiger partial charge in [-0.25, -0.2) is 4.79 Å². The van der Waals surface area contributed by atoms with Crippen molar-refractivity contribution < 1.29 is 23.1 Å². The number of aromatic nitrogens is 2. The largest absolute Gasteiger partial charge is 0.480 e. The first-order chi connectivity index (χ1) is 8.50. The van der Waals surface area contributed by atoms with Crippen LogP contribution in [-0.4, -0.2) is 32.6 Å².